The minimum atomic E-state index is -0.624. The molecule has 2 aromatic carbocycles. The van der Waals surface area contributed by atoms with Crippen LogP contribution in [0.2, 0.25) is 0 Å². The van der Waals surface area contributed by atoms with Crippen molar-refractivity contribution < 1.29 is 23.9 Å². The Morgan fingerprint density at radius 2 is 1.81 bits per heavy atom. The van der Waals surface area contributed by atoms with Gasteiger partial charge in [0, 0.05) is 18.7 Å². The summed E-state index contributed by atoms with van der Waals surface area (Å²) in [6.07, 6.45) is 3.15. The van der Waals surface area contributed by atoms with Crippen molar-refractivity contribution in [2.75, 3.05) is 24.7 Å². The van der Waals surface area contributed by atoms with Crippen molar-refractivity contribution >= 4 is 23.5 Å². The predicted molar refractivity (Wildman–Crippen MR) is 117 cm³/mol. The molecule has 1 aliphatic heterocycles. The van der Waals surface area contributed by atoms with E-state index in [-0.39, 0.29) is 31.1 Å². The van der Waals surface area contributed by atoms with E-state index in [1.807, 2.05) is 30.3 Å². The van der Waals surface area contributed by atoms with Crippen molar-refractivity contribution in [1.29, 1.82) is 0 Å². The van der Waals surface area contributed by atoms with Crippen LogP contribution in [-0.2, 0) is 19.1 Å². The summed E-state index contributed by atoms with van der Waals surface area (Å²) in [6, 6.07) is 16.6. The number of carbonyl (C=O) groups is 3. The van der Waals surface area contributed by atoms with E-state index < -0.39 is 5.97 Å². The summed E-state index contributed by atoms with van der Waals surface area (Å²) in [5.41, 5.74) is 1.83. The maximum absolute atomic E-state index is 12.2. The fourth-order valence-electron chi connectivity index (χ4n) is 3.51. The standard InChI is InChI=1S/C24H28N2O5/c1-2-7-21(18-8-4-3-5-9-18)25-22(27)16-31-24(29)17-30-20-13-11-19(12-14-20)26-15-6-10-23(26)28/h3-5,8-9,11-14,21H,2,6-7,10,15-17H2,1H3,(H,25,27). The van der Waals surface area contributed by atoms with Gasteiger partial charge in [0.2, 0.25) is 5.91 Å². The lowest BCUT2D eigenvalue weighted by atomic mass is 10.0. The minimum Gasteiger partial charge on any atom is -0.482 e. The Balaban J connectivity index is 1.41. The fourth-order valence-corrected chi connectivity index (χ4v) is 3.51. The van der Waals surface area contributed by atoms with Crippen LogP contribution in [0, 0.1) is 0 Å². The van der Waals surface area contributed by atoms with Crippen LogP contribution in [0.1, 0.15) is 44.2 Å². The molecule has 7 nitrogen and oxygen atoms in total. The first-order valence-corrected chi connectivity index (χ1v) is 10.6. The van der Waals surface area contributed by atoms with Gasteiger partial charge in [-0.3, -0.25) is 9.59 Å². The first kappa shape index (κ1) is 22.3. The Morgan fingerprint density at radius 3 is 2.45 bits per heavy atom. The Hall–Kier alpha value is -3.35. The molecular weight excluding hydrogens is 396 g/mol. The number of esters is 1. The van der Waals surface area contributed by atoms with Gasteiger partial charge < -0.3 is 19.7 Å². The molecule has 3 rings (SSSR count). The molecule has 0 aromatic heterocycles. The molecule has 1 heterocycles. The molecule has 2 amide bonds. The predicted octanol–water partition coefficient (Wildman–Crippen LogP) is 3.39. The molecule has 2 aromatic rings. The maximum atomic E-state index is 12.2. The smallest absolute Gasteiger partial charge is 0.344 e. The Morgan fingerprint density at radius 1 is 1.06 bits per heavy atom. The van der Waals surface area contributed by atoms with Crippen LogP contribution in [0.4, 0.5) is 5.69 Å². The number of carbonyl (C=O) groups excluding carboxylic acids is 3. The van der Waals surface area contributed by atoms with Crippen LogP contribution in [0.15, 0.2) is 54.6 Å². The van der Waals surface area contributed by atoms with Gasteiger partial charge in [-0.1, -0.05) is 43.7 Å². The van der Waals surface area contributed by atoms with Gasteiger partial charge in [-0.15, -0.1) is 0 Å². The van der Waals surface area contributed by atoms with Crippen LogP contribution in [-0.4, -0.2) is 37.5 Å². The summed E-state index contributed by atoms with van der Waals surface area (Å²) in [7, 11) is 0. The second-order valence-corrected chi connectivity index (χ2v) is 7.41. The Bertz CT molecular complexity index is 883. The highest BCUT2D eigenvalue weighted by Gasteiger charge is 2.21. The van der Waals surface area contributed by atoms with Crippen molar-refractivity contribution in [3.63, 3.8) is 0 Å². The average molecular weight is 424 g/mol. The third kappa shape index (κ3) is 6.57. The largest absolute Gasteiger partial charge is 0.482 e. The van der Waals surface area contributed by atoms with Crippen molar-refractivity contribution in [1.82, 2.24) is 5.32 Å². The fraction of sp³-hybridized carbons (Fsp3) is 0.375. The lowest BCUT2D eigenvalue weighted by molar-refractivity contribution is -0.150. The van der Waals surface area contributed by atoms with E-state index in [1.54, 1.807) is 29.2 Å². The van der Waals surface area contributed by atoms with E-state index in [1.165, 1.54) is 0 Å². The zero-order valence-corrected chi connectivity index (χ0v) is 17.7. The van der Waals surface area contributed by atoms with Gasteiger partial charge in [-0.25, -0.2) is 4.79 Å². The highest BCUT2D eigenvalue weighted by Crippen LogP contribution is 2.24. The van der Waals surface area contributed by atoms with Crippen LogP contribution in [0.3, 0.4) is 0 Å². The molecule has 1 unspecified atom stereocenters. The topological polar surface area (TPSA) is 84.9 Å². The quantitative estimate of drug-likeness (QED) is 0.591. The van der Waals surface area contributed by atoms with Crippen molar-refractivity contribution in [3.8, 4) is 5.75 Å². The van der Waals surface area contributed by atoms with Crippen LogP contribution >= 0.6 is 0 Å². The summed E-state index contributed by atoms with van der Waals surface area (Å²) in [5, 5.41) is 2.91. The number of amides is 2. The van der Waals surface area contributed by atoms with Gasteiger partial charge >= 0.3 is 5.97 Å². The summed E-state index contributed by atoms with van der Waals surface area (Å²) in [6.45, 7) is 2.11. The summed E-state index contributed by atoms with van der Waals surface area (Å²) < 4.78 is 10.5. The van der Waals surface area contributed by atoms with Crippen molar-refractivity contribution in [2.45, 2.75) is 38.6 Å². The number of anilines is 1. The highest BCUT2D eigenvalue weighted by atomic mass is 16.6. The molecule has 1 aliphatic rings. The molecular formula is C24H28N2O5. The van der Waals surface area contributed by atoms with Crippen LogP contribution in [0.5, 0.6) is 5.75 Å². The molecule has 0 aliphatic carbocycles. The van der Waals surface area contributed by atoms with Crippen LogP contribution in [0.25, 0.3) is 0 Å². The summed E-state index contributed by atoms with van der Waals surface area (Å²) >= 11 is 0. The number of ether oxygens (including phenoxy) is 2. The summed E-state index contributed by atoms with van der Waals surface area (Å²) in [4.78, 5) is 37.7. The van der Waals surface area contributed by atoms with E-state index in [2.05, 4.69) is 12.2 Å². The number of rotatable bonds is 10. The second-order valence-electron chi connectivity index (χ2n) is 7.41. The number of hydrogen-bond acceptors (Lipinski definition) is 5. The first-order chi connectivity index (χ1) is 15.1. The minimum absolute atomic E-state index is 0.115. The number of benzene rings is 2. The Kier molecular flexibility index (Phi) is 8.04. The van der Waals surface area contributed by atoms with Gasteiger partial charge in [-0.2, -0.15) is 0 Å². The Labute approximate surface area is 182 Å². The van der Waals surface area contributed by atoms with Gasteiger partial charge in [0.05, 0.1) is 6.04 Å². The van der Waals surface area contributed by atoms with Gasteiger partial charge in [0.25, 0.3) is 5.91 Å². The van der Waals surface area contributed by atoms with Gasteiger partial charge in [0.1, 0.15) is 5.75 Å². The van der Waals surface area contributed by atoms with E-state index in [4.69, 9.17) is 9.47 Å². The molecule has 0 bridgehead atoms. The second kappa shape index (κ2) is 11.2. The molecule has 0 radical (unpaired) electrons. The molecule has 7 heteroatoms. The van der Waals surface area contributed by atoms with E-state index in [9.17, 15) is 14.4 Å². The molecule has 31 heavy (non-hydrogen) atoms. The van der Waals surface area contributed by atoms with Gasteiger partial charge in [0.15, 0.2) is 13.2 Å². The molecule has 1 atom stereocenters. The SMILES string of the molecule is CCCC(NC(=O)COC(=O)COc1ccc(N2CCCC2=O)cc1)c1ccccc1. The number of nitrogens with zero attached hydrogens (tertiary/aromatic N) is 1. The number of hydrogen-bond donors (Lipinski definition) is 1. The molecule has 0 saturated carbocycles. The zero-order chi connectivity index (χ0) is 22.1. The zero-order valence-electron chi connectivity index (χ0n) is 17.7. The first-order valence-electron chi connectivity index (χ1n) is 10.6. The third-order valence-corrected chi connectivity index (χ3v) is 5.06. The molecule has 0 spiro atoms. The lowest BCUT2D eigenvalue weighted by Gasteiger charge is -2.18. The van der Waals surface area contributed by atoms with E-state index >= 15 is 0 Å². The number of nitrogens with one attached hydrogen (secondary N) is 1. The monoisotopic (exact) mass is 424 g/mol. The molecule has 164 valence electrons. The normalized spacial score (nSPS) is 14.2. The van der Waals surface area contributed by atoms with Gasteiger partial charge in [-0.05, 0) is 42.7 Å². The lowest BCUT2D eigenvalue weighted by Crippen LogP contribution is -2.33. The average Bonchev–Trinajstić information content (AvgIpc) is 3.22. The van der Waals surface area contributed by atoms with E-state index in [0.717, 1.165) is 37.1 Å². The van der Waals surface area contributed by atoms with E-state index in [0.29, 0.717) is 12.2 Å². The van der Waals surface area contributed by atoms with Crippen LogP contribution < -0.4 is 15.0 Å². The third-order valence-electron chi connectivity index (χ3n) is 5.06. The van der Waals surface area contributed by atoms with Crippen molar-refractivity contribution in [3.05, 3.63) is 60.2 Å². The molecule has 1 fully saturated rings. The maximum Gasteiger partial charge on any atom is 0.344 e. The molecule has 1 saturated heterocycles. The summed E-state index contributed by atoms with van der Waals surface area (Å²) in [5.74, 6) is -0.371. The molecule has 1 N–H and O–H groups in total. The highest BCUT2D eigenvalue weighted by molar-refractivity contribution is 5.95. The van der Waals surface area contributed by atoms with Crippen molar-refractivity contribution in [2.24, 2.45) is 0 Å².